The van der Waals surface area contributed by atoms with Gasteiger partial charge in [0.15, 0.2) is 12.4 Å². The van der Waals surface area contributed by atoms with Crippen molar-refractivity contribution in [3.8, 4) is 5.75 Å². The third-order valence-electron chi connectivity index (χ3n) is 5.93. The van der Waals surface area contributed by atoms with Gasteiger partial charge >= 0.3 is 5.97 Å². The molecular formula is C24H23FN3O7S-. The van der Waals surface area contributed by atoms with E-state index in [1.54, 1.807) is 26.0 Å². The number of fused-ring (bicyclic) bond motifs is 1. The lowest BCUT2D eigenvalue weighted by atomic mass is 9.87. The van der Waals surface area contributed by atoms with Gasteiger partial charge < -0.3 is 23.8 Å². The van der Waals surface area contributed by atoms with E-state index in [1.807, 2.05) is 12.1 Å². The van der Waals surface area contributed by atoms with E-state index in [0.29, 0.717) is 17.7 Å². The van der Waals surface area contributed by atoms with Crippen LogP contribution in [-0.4, -0.2) is 55.5 Å². The molecule has 0 fully saturated rings. The van der Waals surface area contributed by atoms with Crippen LogP contribution < -0.4 is 9.04 Å². The lowest BCUT2D eigenvalue weighted by Gasteiger charge is -2.39. The van der Waals surface area contributed by atoms with Gasteiger partial charge in [0.05, 0.1) is 6.04 Å². The summed E-state index contributed by atoms with van der Waals surface area (Å²) in [5.74, 6) is -2.02. The lowest BCUT2D eigenvalue weighted by Crippen LogP contribution is -2.46. The SMILES string of the molecule is Cc1noc(C)c1N(CC(=O)N1CCc2ccccc2C1c1cc(F)ccc1OCC(=O)O)S(=O)[O-]. The summed E-state index contributed by atoms with van der Waals surface area (Å²) in [6.45, 7) is 2.12. The average molecular weight is 517 g/mol. The maximum absolute atomic E-state index is 14.4. The molecule has 1 aliphatic heterocycles. The Morgan fingerprint density at radius 3 is 2.69 bits per heavy atom. The van der Waals surface area contributed by atoms with Crippen LogP contribution >= 0.6 is 0 Å². The van der Waals surface area contributed by atoms with E-state index in [-0.39, 0.29) is 29.3 Å². The van der Waals surface area contributed by atoms with E-state index in [1.165, 1.54) is 17.0 Å². The number of carbonyl (C=O) groups is 2. The molecule has 0 saturated heterocycles. The highest BCUT2D eigenvalue weighted by molar-refractivity contribution is 7.80. The Hall–Kier alpha value is -3.77. The fraction of sp³-hybridized carbons (Fsp3) is 0.292. The molecule has 0 spiro atoms. The molecule has 1 aromatic heterocycles. The zero-order valence-corrected chi connectivity index (χ0v) is 20.3. The van der Waals surface area contributed by atoms with Crippen molar-refractivity contribution >= 4 is 28.8 Å². The number of hydrogen-bond donors (Lipinski definition) is 1. The van der Waals surface area contributed by atoms with Crippen LogP contribution in [0.2, 0.25) is 0 Å². The zero-order valence-electron chi connectivity index (χ0n) is 19.5. The molecule has 1 amide bonds. The van der Waals surface area contributed by atoms with Gasteiger partial charge in [-0.25, -0.2) is 9.18 Å². The summed E-state index contributed by atoms with van der Waals surface area (Å²) < 4.78 is 49.9. The number of hydrogen-bond acceptors (Lipinski definition) is 7. The van der Waals surface area contributed by atoms with Crippen LogP contribution in [0.4, 0.5) is 10.1 Å². The Labute approximate surface area is 208 Å². The predicted octanol–water partition coefficient (Wildman–Crippen LogP) is 2.67. The number of nitrogens with zero attached hydrogens (tertiary/aromatic N) is 3. The fourth-order valence-electron chi connectivity index (χ4n) is 4.43. The van der Waals surface area contributed by atoms with Gasteiger partial charge in [-0.15, -0.1) is 0 Å². The minimum atomic E-state index is -2.81. The molecule has 2 aromatic carbocycles. The van der Waals surface area contributed by atoms with Gasteiger partial charge in [0.1, 0.15) is 29.5 Å². The van der Waals surface area contributed by atoms with Crippen molar-refractivity contribution in [2.45, 2.75) is 26.3 Å². The number of aromatic nitrogens is 1. The maximum Gasteiger partial charge on any atom is 0.341 e. The monoisotopic (exact) mass is 516 g/mol. The van der Waals surface area contributed by atoms with E-state index in [4.69, 9.17) is 14.4 Å². The number of amides is 1. The molecule has 190 valence electrons. The number of benzene rings is 2. The summed E-state index contributed by atoms with van der Waals surface area (Å²) in [5, 5.41) is 12.8. The summed E-state index contributed by atoms with van der Waals surface area (Å²) in [6.07, 6.45) is 0.491. The Morgan fingerprint density at radius 2 is 2.03 bits per heavy atom. The van der Waals surface area contributed by atoms with E-state index in [2.05, 4.69) is 5.16 Å². The Morgan fingerprint density at radius 1 is 1.28 bits per heavy atom. The van der Waals surface area contributed by atoms with Gasteiger partial charge in [0.2, 0.25) is 5.91 Å². The molecule has 4 rings (SSSR count). The second-order valence-corrected chi connectivity index (χ2v) is 9.10. The number of halogens is 1. The van der Waals surface area contributed by atoms with Crippen LogP contribution in [0.1, 0.15) is 34.2 Å². The number of ether oxygens (including phenoxy) is 1. The quantitative estimate of drug-likeness (QED) is 0.452. The summed E-state index contributed by atoms with van der Waals surface area (Å²) >= 11 is -2.81. The highest BCUT2D eigenvalue weighted by atomic mass is 32.2. The number of aryl methyl sites for hydroxylation is 2. The normalized spacial score (nSPS) is 15.8. The van der Waals surface area contributed by atoms with Crippen LogP contribution in [0.5, 0.6) is 5.75 Å². The molecule has 12 heteroatoms. The molecule has 36 heavy (non-hydrogen) atoms. The molecule has 0 aliphatic carbocycles. The van der Waals surface area contributed by atoms with E-state index in [0.717, 1.165) is 15.9 Å². The smallest absolute Gasteiger partial charge is 0.341 e. The Bertz CT molecular complexity index is 1310. The van der Waals surface area contributed by atoms with E-state index < -0.39 is 48.2 Å². The van der Waals surface area contributed by atoms with Gasteiger partial charge in [-0.1, -0.05) is 29.4 Å². The summed E-state index contributed by atoms with van der Waals surface area (Å²) in [4.78, 5) is 26.2. The van der Waals surface area contributed by atoms with Crippen molar-refractivity contribution in [1.29, 1.82) is 0 Å². The van der Waals surface area contributed by atoms with Crippen molar-refractivity contribution < 1.29 is 37.1 Å². The standard InChI is InChI=1S/C24H24FN3O7S/c1-14-23(15(2)35-26-14)28(36(32)33)12-21(29)27-10-9-16-5-3-4-6-18(16)24(27)19-11-17(25)7-8-20(19)34-13-22(30)31/h3-8,11,24H,9-10,12-13H2,1-2H3,(H,30,31)(H,32,33)/p-1. The molecule has 2 unspecified atom stereocenters. The summed E-state index contributed by atoms with van der Waals surface area (Å²) in [5.41, 5.74) is 2.36. The van der Waals surface area contributed by atoms with Crippen molar-refractivity contribution in [1.82, 2.24) is 10.1 Å². The number of rotatable bonds is 8. The van der Waals surface area contributed by atoms with Gasteiger partial charge in [0.25, 0.3) is 0 Å². The predicted molar refractivity (Wildman–Crippen MR) is 125 cm³/mol. The molecule has 0 radical (unpaired) electrons. The second kappa shape index (κ2) is 10.5. The summed E-state index contributed by atoms with van der Waals surface area (Å²) in [7, 11) is 0. The van der Waals surface area contributed by atoms with Gasteiger partial charge in [-0.3, -0.25) is 13.3 Å². The lowest BCUT2D eigenvalue weighted by molar-refractivity contribution is -0.139. The molecular weight excluding hydrogens is 493 g/mol. The highest BCUT2D eigenvalue weighted by Crippen LogP contribution is 2.40. The first-order chi connectivity index (χ1) is 17.2. The fourth-order valence-corrected chi connectivity index (χ4v) is 5.05. The topological polar surface area (TPSA) is 136 Å². The first-order valence-electron chi connectivity index (χ1n) is 11.0. The van der Waals surface area contributed by atoms with E-state index in [9.17, 15) is 22.7 Å². The molecule has 1 aliphatic rings. The number of carboxylic acids is 1. The summed E-state index contributed by atoms with van der Waals surface area (Å²) in [6, 6.07) is 10.1. The van der Waals surface area contributed by atoms with E-state index >= 15 is 0 Å². The van der Waals surface area contributed by atoms with Gasteiger partial charge in [0, 0.05) is 23.4 Å². The van der Waals surface area contributed by atoms with Gasteiger partial charge in [-0.05, 0) is 49.6 Å². The Kier molecular flexibility index (Phi) is 7.36. The third-order valence-corrected chi connectivity index (χ3v) is 6.60. The Balaban J connectivity index is 1.76. The van der Waals surface area contributed by atoms with Crippen LogP contribution in [0, 0.1) is 19.7 Å². The zero-order chi connectivity index (χ0) is 26.0. The minimum absolute atomic E-state index is 0.105. The van der Waals surface area contributed by atoms with Crippen molar-refractivity contribution in [2.24, 2.45) is 0 Å². The first kappa shape index (κ1) is 25.3. The molecule has 2 heterocycles. The molecule has 1 N–H and O–H groups in total. The number of carboxylic acid groups (broad SMARTS) is 1. The number of anilines is 1. The molecule has 2 atom stereocenters. The van der Waals surface area contributed by atoms with Gasteiger partial charge in [-0.2, -0.15) is 0 Å². The molecule has 10 nitrogen and oxygen atoms in total. The van der Waals surface area contributed by atoms with Crippen molar-refractivity contribution in [3.63, 3.8) is 0 Å². The average Bonchev–Trinajstić information content (AvgIpc) is 3.18. The molecule has 3 aromatic rings. The highest BCUT2D eigenvalue weighted by Gasteiger charge is 2.35. The molecule has 0 saturated carbocycles. The van der Waals surface area contributed by atoms with Crippen LogP contribution in [0.15, 0.2) is 47.0 Å². The minimum Gasteiger partial charge on any atom is -0.755 e. The van der Waals surface area contributed by atoms with Crippen molar-refractivity contribution in [3.05, 3.63) is 76.4 Å². The first-order valence-corrected chi connectivity index (χ1v) is 12.0. The maximum atomic E-state index is 14.4. The second-order valence-electron chi connectivity index (χ2n) is 8.23. The number of carbonyl (C=O) groups excluding carboxylic acids is 1. The van der Waals surface area contributed by atoms with Crippen LogP contribution in [0.3, 0.4) is 0 Å². The van der Waals surface area contributed by atoms with Crippen LogP contribution in [0.25, 0.3) is 0 Å². The largest absolute Gasteiger partial charge is 0.755 e. The third kappa shape index (κ3) is 5.09. The number of aliphatic carboxylic acids is 1. The molecule has 0 bridgehead atoms. The van der Waals surface area contributed by atoms with Crippen molar-refractivity contribution in [2.75, 3.05) is 24.0 Å². The van der Waals surface area contributed by atoms with Crippen LogP contribution in [-0.2, 0) is 27.3 Å².